The second-order valence-corrected chi connectivity index (χ2v) is 3.87. The number of ether oxygens (including phenoxy) is 1. The summed E-state index contributed by atoms with van der Waals surface area (Å²) in [4.78, 5) is 13.3. The Morgan fingerprint density at radius 1 is 1.46 bits per heavy atom. The molecule has 3 nitrogen and oxygen atoms in total. The lowest BCUT2D eigenvalue weighted by molar-refractivity contribution is -0.142. The van der Waals surface area contributed by atoms with Gasteiger partial charge in [0.25, 0.3) is 0 Å². The van der Waals surface area contributed by atoms with Crippen LogP contribution in [-0.2, 0) is 9.53 Å². The zero-order valence-corrected chi connectivity index (χ0v) is 8.88. The van der Waals surface area contributed by atoms with Gasteiger partial charge in [0.2, 0.25) is 5.91 Å². The Morgan fingerprint density at radius 3 is 2.46 bits per heavy atom. The molecule has 0 aromatic rings. The highest BCUT2D eigenvalue weighted by Gasteiger charge is 2.24. The topological polar surface area (TPSA) is 29.5 Å². The van der Waals surface area contributed by atoms with E-state index in [4.69, 9.17) is 16.3 Å². The third-order valence-corrected chi connectivity index (χ3v) is 2.27. The maximum Gasteiger partial charge on any atom is 0.223 e. The highest BCUT2D eigenvalue weighted by Crippen LogP contribution is 2.11. The first-order valence-corrected chi connectivity index (χ1v) is 5.16. The Bertz CT molecular complexity index is 176. The molecule has 1 heterocycles. The van der Waals surface area contributed by atoms with Crippen LogP contribution in [0.3, 0.4) is 0 Å². The predicted octanol–water partition coefficient (Wildman–Crippen LogP) is 1.25. The number of hydrogen-bond acceptors (Lipinski definition) is 2. The number of nitrogens with zero attached hydrogens (tertiary/aromatic N) is 1. The normalized spacial score (nSPS) is 29.0. The first kappa shape index (κ1) is 10.8. The van der Waals surface area contributed by atoms with E-state index in [2.05, 4.69) is 0 Å². The highest BCUT2D eigenvalue weighted by molar-refractivity contribution is 6.18. The van der Waals surface area contributed by atoms with E-state index < -0.39 is 0 Å². The molecule has 1 amide bonds. The zero-order chi connectivity index (χ0) is 9.84. The van der Waals surface area contributed by atoms with E-state index in [9.17, 15) is 4.79 Å². The minimum atomic E-state index is 0.136. The number of morpholine rings is 1. The van der Waals surface area contributed by atoms with Gasteiger partial charge in [-0.05, 0) is 13.8 Å². The molecule has 0 aromatic carbocycles. The first-order chi connectivity index (χ1) is 6.13. The molecule has 1 fully saturated rings. The molecule has 1 aliphatic rings. The van der Waals surface area contributed by atoms with E-state index in [1.54, 1.807) is 0 Å². The summed E-state index contributed by atoms with van der Waals surface area (Å²) in [6, 6.07) is 0. The fourth-order valence-corrected chi connectivity index (χ4v) is 1.78. The quantitative estimate of drug-likeness (QED) is 0.636. The maximum absolute atomic E-state index is 11.5. The van der Waals surface area contributed by atoms with Gasteiger partial charge in [0, 0.05) is 25.4 Å². The molecule has 1 aliphatic heterocycles. The van der Waals surface area contributed by atoms with Gasteiger partial charge >= 0.3 is 0 Å². The van der Waals surface area contributed by atoms with Gasteiger partial charge in [0.15, 0.2) is 0 Å². The molecule has 4 heteroatoms. The Hall–Kier alpha value is -0.280. The largest absolute Gasteiger partial charge is 0.372 e. The summed E-state index contributed by atoms with van der Waals surface area (Å²) in [7, 11) is 0. The molecular formula is C9H16ClNO2. The molecule has 2 atom stereocenters. The minimum Gasteiger partial charge on any atom is -0.372 e. The summed E-state index contributed by atoms with van der Waals surface area (Å²) < 4.78 is 5.52. The van der Waals surface area contributed by atoms with Crippen molar-refractivity contribution >= 4 is 17.5 Å². The van der Waals surface area contributed by atoms with Crippen LogP contribution in [-0.4, -0.2) is 42.0 Å². The van der Waals surface area contributed by atoms with Gasteiger partial charge in [-0.2, -0.15) is 0 Å². The number of hydrogen-bond donors (Lipinski definition) is 0. The third-order valence-electron chi connectivity index (χ3n) is 2.08. The Kier molecular flexibility index (Phi) is 4.00. The number of rotatable bonds is 2. The average Bonchev–Trinajstić information content (AvgIpc) is 2.03. The van der Waals surface area contributed by atoms with Crippen molar-refractivity contribution < 1.29 is 9.53 Å². The summed E-state index contributed by atoms with van der Waals surface area (Å²) >= 11 is 5.51. The second kappa shape index (κ2) is 4.82. The molecule has 13 heavy (non-hydrogen) atoms. The molecule has 76 valence electrons. The van der Waals surface area contributed by atoms with Crippen LogP contribution in [0.15, 0.2) is 0 Å². The molecule has 0 bridgehead atoms. The molecule has 2 unspecified atom stereocenters. The van der Waals surface area contributed by atoms with Gasteiger partial charge in [-0.3, -0.25) is 4.79 Å². The molecule has 0 aliphatic carbocycles. The Labute approximate surface area is 84.0 Å². The van der Waals surface area contributed by atoms with Crippen molar-refractivity contribution in [3.8, 4) is 0 Å². The number of alkyl halides is 1. The fourth-order valence-electron chi connectivity index (χ4n) is 1.62. The van der Waals surface area contributed by atoms with Crippen LogP contribution in [0.4, 0.5) is 0 Å². The second-order valence-electron chi connectivity index (χ2n) is 3.50. The standard InChI is InChI=1S/C9H16ClNO2/c1-7-5-11(6-8(2)13-7)9(12)3-4-10/h7-8H,3-6H2,1-2H3. The monoisotopic (exact) mass is 205 g/mol. The predicted molar refractivity (Wildman–Crippen MR) is 51.9 cm³/mol. The summed E-state index contributed by atoms with van der Waals surface area (Å²) in [6.07, 6.45) is 0.715. The molecule has 1 saturated heterocycles. The molecule has 0 N–H and O–H groups in total. The van der Waals surface area contributed by atoms with Crippen molar-refractivity contribution in [1.29, 1.82) is 0 Å². The van der Waals surface area contributed by atoms with E-state index in [0.29, 0.717) is 25.4 Å². The van der Waals surface area contributed by atoms with Gasteiger partial charge in [-0.15, -0.1) is 11.6 Å². The van der Waals surface area contributed by atoms with Crippen molar-refractivity contribution in [3.63, 3.8) is 0 Å². The van der Waals surface area contributed by atoms with Gasteiger partial charge in [-0.25, -0.2) is 0 Å². The smallest absolute Gasteiger partial charge is 0.223 e. The van der Waals surface area contributed by atoms with Crippen LogP contribution < -0.4 is 0 Å². The van der Waals surface area contributed by atoms with E-state index in [1.165, 1.54) is 0 Å². The molecule has 0 radical (unpaired) electrons. The molecule has 0 saturated carbocycles. The van der Waals surface area contributed by atoms with Crippen molar-refractivity contribution in [2.75, 3.05) is 19.0 Å². The van der Waals surface area contributed by atoms with Crippen LogP contribution in [0.1, 0.15) is 20.3 Å². The van der Waals surface area contributed by atoms with Crippen LogP contribution >= 0.6 is 11.6 Å². The average molecular weight is 206 g/mol. The maximum atomic E-state index is 11.5. The Morgan fingerprint density at radius 2 is 2.00 bits per heavy atom. The van der Waals surface area contributed by atoms with Crippen LogP contribution in [0, 0.1) is 0 Å². The zero-order valence-electron chi connectivity index (χ0n) is 8.12. The molecule has 1 rings (SSSR count). The first-order valence-electron chi connectivity index (χ1n) is 4.62. The van der Waals surface area contributed by atoms with E-state index in [1.807, 2.05) is 18.7 Å². The lowest BCUT2D eigenvalue weighted by Gasteiger charge is -2.35. The highest BCUT2D eigenvalue weighted by atomic mass is 35.5. The SMILES string of the molecule is CC1CN(C(=O)CCCl)CC(C)O1. The Balaban J connectivity index is 2.45. The van der Waals surface area contributed by atoms with Gasteiger partial charge in [0.05, 0.1) is 12.2 Å². The van der Waals surface area contributed by atoms with Crippen LogP contribution in [0.2, 0.25) is 0 Å². The molecular weight excluding hydrogens is 190 g/mol. The summed E-state index contributed by atoms with van der Waals surface area (Å²) in [5.74, 6) is 0.538. The van der Waals surface area contributed by atoms with Gasteiger partial charge in [0.1, 0.15) is 0 Å². The van der Waals surface area contributed by atoms with Crippen molar-refractivity contribution in [2.24, 2.45) is 0 Å². The summed E-state index contributed by atoms with van der Waals surface area (Å²) in [6.45, 7) is 5.35. The summed E-state index contributed by atoms with van der Waals surface area (Å²) in [5, 5.41) is 0. The van der Waals surface area contributed by atoms with Crippen LogP contribution in [0.25, 0.3) is 0 Å². The lowest BCUT2D eigenvalue weighted by atomic mass is 10.2. The van der Waals surface area contributed by atoms with E-state index in [-0.39, 0.29) is 18.1 Å². The van der Waals surface area contributed by atoms with Gasteiger partial charge < -0.3 is 9.64 Å². The number of halogens is 1. The summed E-state index contributed by atoms with van der Waals surface area (Å²) in [5.41, 5.74) is 0. The molecule has 0 aromatic heterocycles. The lowest BCUT2D eigenvalue weighted by Crippen LogP contribution is -2.48. The van der Waals surface area contributed by atoms with Crippen LogP contribution in [0.5, 0.6) is 0 Å². The van der Waals surface area contributed by atoms with Crippen molar-refractivity contribution in [1.82, 2.24) is 4.90 Å². The van der Waals surface area contributed by atoms with Gasteiger partial charge in [-0.1, -0.05) is 0 Å². The number of carbonyl (C=O) groups is 1. The number of amides is 1. The van der Waals surface area contributed by atoms with Crippen molar-refractivity contribution in [3.05, 3.63) is 0 Å². The molecule has 0 spiro atoms. The fraction of sp³-hybridized carbons (Fsp3) is 0.889. The van der Waals surface area contributed by atoms with E-state index >= 15 is 0 Å². The van der Waals surface area contributed by atoms with E-state index in [0.717, 1.165) is 0 Å². The minimum absolute atomic E-state index is 0.136. The third kappa shape index (κ3) is 3.16. The van der Waals surface area contributed by atoms with Crippen molar-refractivity contribution in [2.45, 2.75) is 32.5 Å². The number of carbonyl (C=O) groups excluding carboxylic acids is 1.